The van der Waals surface area contributed by atoms with E-state index in [2.05, 4.69) is 34.6 Å². The summed E-state index contributed by atoms with van der Waals surface area (Å²) in [6, 6.07) is -0.717. The monoisotopic (exact) mass is 668 g/mol. The highest BCUT2D eigenvalue weighted by molar-refractivity contribution is 5.82. The van der Waals surface area contributed by atoms with E-state index in [9.17, 15) is 14.7 Å². The first-order valence-corrected chi connectivity index (χ1v) is 20.6. The van der Waals surface area contributed by atoms with Gasteiger partial charge in [-0.15, -0.1) is 0 Å². The average Bonchev–Trinajstić information content (AvgIpc) is 3.07. The van der Waals surface area contributed by atoms with Crippen molar-refractivity contribution in [3.63, 3.8) is 0 Å². The zero-order valence-corrected chi connectivity index (χ0v) is 32.2. The van der Waals surface area contributed by atoms with Crippen molar-refractivity contribution < 1.29 is 24.2 Å². The highest BCUT2D eigenvalue weighted by atomic mass is 16.5. The molecule has 0 heterocycles. The topological polar surface area (TPSA) is 76.1 Å². The summed E-state index contributed by atoms with van der Waals surface area (Å²) in [4.78, 5) is 28.8. The molecule has 0 saturated carbocycles. The quantitative estimate of drug-likeness (QED) is 0.0529. The molecule has 0 fully saturated rings. The first-order chi connectivity index (χ1) is 23.0. The smallest absolute Gasteiger partial charge is 0.323 e. The normalized spacial score (nSPS) is 13.5. The van der Waals surface area contributed by atoms with Crippen molar-refractivity contribution in [1.29, 1.82) is 0 Å². The fraction of sp³-hybridized carbons (Fsp3) is 0.951. The van der Waals surface area contributed by atoms with E-state index in [0.717, 1.165) is 32.1 Å². The van der Waals surface area contributed by atoms with Crippen LogP contribution in [0.15, 0.2) is 0 Å². The first kappa shape index (κ1) is 45.9. The van der Waals surface area contributed by atoms with Crippen LogP contribution in [0.5, 0.6) is 0 Å². The van der Waals surface area contributed by atoms with Gasteiger partial charge in [0.1, 0.15) is 6.04 Å². The minimum atomic E-state index is -0.717. The molecule has 0 spiro atoms. The molecule has 47 heavy (non-hydrogen) atoms. The number of unbranched alkanes of at least 4 members (excludes halogenated alkanes) is 16. The molecule has 0 aromatic carbocycles. The lowest BCUT2D eigenvalue weighted by atomic mass is 9.95. The Morgan fingerprint density at radius 1 is 0.511 bits per heavy atom. The van der Waals surface area contributed by atoms with Crippen LogP contribution in [-0.4, -0.2) is 60.9 Å². The van der Waals surface area contributed by atoms with Gasteiger partial charge in [-0.05, 0) is 50.5 Å². The van der Waals surface area contributed by atoms with Crippen molar-refractivity contribution >= 4 is 11.9 Å². The maximum atomic E-state index is 13.6. The fourth-order valence-electron chi connectivity index (χ4n) is 6.69. The molecular formula is C41H81NO5. The van der Waals surface area contributed by atoms with Crippen molar-refractivity contribution in [1.82, 2.24) is 4.90 Å². The van der Waals surface area contributed by atoms with E-state index >= 15 is 0 Å². The predicted molar refractivity (Wildman–Crippen MR) is 200 cm³/mol. The van der Waals surface area contributed by atoms with Crippen LogP contribution in [0.2, 0.25) is 0 Å². The summed E-state index contributed by atoms with van der Waals surface area (Å²) < 4.78 is 11.9. The number of hydrogen-bond donors (Lipinski definition) is 1. The average molecular weight is 668 g/mol. The van der Waals surface area contributed by atoms with Crippen molar-refractivity contribution in [3.8, 4) is 0 Å². The lowest BCUT2D eigenvalue weighted by molar-refractivity contribution is -0.158. The highest BCUT2D eigenvalue weighted by Crippen LogP contribution is 2.22. The molecule has 0 aromatic rings. The zero-order chi connectivity index (χ0) is 34.8. The summed E-state index contributed by atoms with van der Waals surface area (Å²) in [5.74, 6) is 0.0822. The van der Waals surface area contributed by atoms with Crippen LogP contribution in [0.4, 0.5) is 0 Å². The Bertz CT molecular complexity index is 681. The molecule has 0 radical (unpaired) electrons. The SMILES string of the molecule is CCCCCCCCC(CCCCCC)COC(=O)CC(C(=O)OCC(CCCCCC)CCCCCCCC)N(CCC)CCO. The van der Waals surface area contributed by atoms with E-state index in [-0.39, 0.29) is 25.0 Å². The summed E-state index contributed by atoms with van der Waals surface area (Å²) >= 11 is 0. The number of esters is 2. The Morgan fingerprint density at radius 3 is 1.30 bits per heavy atom. The van der Waals surface area contributed by atoms with Gasteiger partial charge in [-0.1, -0.05) is 163 Å². The lowest BCUT2D eigenvalue weighted by Gasteiger charge is -2.29. The number of nitrogens with zero attached hydrogens (tertiary/aromatic N) is 1. The minimum Gasteiger partial charge on any atom is -0.465 e. The second-order valence-corrected chi connectivity index (χ2v) is 14.3. The molecule has 6 heteroatoms. The molecule has 0 aliphatic heterocycles. The second kappa shape index (κ2) is 34.7. The van der Waals surface area contributed by atoms with Gasteiger partial charge in [0.25, 0.3) is 0 Å². The summed E-state index contributed by atoms with van der Waals surface area (Å²) in [6.07, 6.45) is 30.1. The van der Waals surface area contributed by atoms with Crippen molar-refractivity contribution in [2.24, 2.45) is 11.8 Å². The van der Waals surface area contributed by atoms with Crippen LogP contribution < -0.4 is 0 Å². The van der Waals surface area contributed by atoms with Gasteiger partial charge in [0, 0.05) is 6.54 Å². The Labute approximate surface area is 292 Å². The van der Waals surface area contributed by atoms with Crippen LogP contribution in [-0.2, 0) is 19.1 Å². The van der Waals surface area contributed by atoms with Gasteiger partial charge in [0.2, 0.25) is 0 Å². The van der Waals surface area contributed by atoms with Gasteiger partial charge < -0.3 is 14.6 Å². The predicted octanol–water partition coefficient (Wildman–Crippen LogP) is 11.2. The maximum Gasteiger partial charge on any atom is 0.323 e. The van der Waals surface area contributed by atoms with Crippen LogP contribution >= 0.6 is 0 Å². The van der Waals surface area contributed by atoms with Gasteiger partial charge in [-0.3, -0.25) is 14.5 Å². The molecule has 6 nitrogen and oxygen atoms in total. The summed E-state index contributed by atoms with van der Waals surface area (Å²) in [6.45, 7) is 12.8. The molecular weight excluding hydrogens is 586 g/mol. The molecule has 0 rings (SSSR count). The number of aliphatic hydroxyl groups is 1. The fourth-order valence-corrected chi connectivity index (χ4v) is 6.69. The zero-order valence-electron chi connectivity index (χ0n) is 32.2. The molecule has 0 amide bonds. The Balaban J connectivity index is 5.29. The third-order valence-corrected chi connectivity index (χ3v) is 9.78. The van der Waals surface area contributed by atoms with E-state index < -0.39 is 6.04 Å². The van der Waals surface area contributed by atoms with Gasteiger partial charge in [0.05, 0.1) is 26.2 Å². The molecule has 0 aliphatic rings. The van der Waals surface area contributed by atoms with E-state index in [4.69, 9.17) is 9.47 Å². The maximum absolute atomic E-state index is 13.6. The van der Waals surface area contributed by atoms with Gasteiger partial charge in [0.15, 0.2) is 0 Å². The van der Waals surface area contributed by atoms with E-state index in [1.54, 1.807) is 0 Å². The molecule has 1 N–H and O–H groups in total. The number of hydrogen-bond acceptors (Lipinski definition) is 6. The molecule has 3 atom stereocenters. The van der Waals surface area contributed by atoms with Crippen LogP contribution in [0.1, 0.15) is 202 Å². The van der Waals surface area contributed by atoms with Crippen LogP contribution in [0.25, 0.3) is 0 Å². The van der Waals surface area contributed by atoms with E-state index in [1.807, 2.05) is 4.90 Å². The Morgan fingerprint density at radius 2 is 0.894 bits per heavy atom. The Kier molecular flexibility index (Phi) is 33.9. The largest absolute Gasteiger partial charge is 0.465 e. The van der Waals surface area contributed by atoms with Gasteiger partial charge in [-0.2, -0.15) is 0 Å². The van der Waals surface area contributed by atoms with E-state index in [1.165, 1.54) is 128 Å². The van der Waals surface area contributed by atoms with Crippen LogP contribution in [0, 0.1) is 11.8 Å². The minimum absolute atomic E-state index is 0.0169. The number of carbonyl (C=O) groups is 2. The molecule has 0 bridgehead atoms. The third kappa shape index (κ3) is 27.4. The number of ether oxygens (including phenoxy) is 2. The van der Waals surface area contributed by atoms with Gasteiger partial charge in [-0.25, -0.2) is 0 Å². The highest BCUT2D eigenvalue weighted by Gasteiger charge is 2.31. The van der Waals surface area contributed by atoms with Gasteiger partial charge >= 0.3 is 11.9 Å². The first-order valence-electron chi connectivity index (χ1n) is 20.6. The molecule has 0 aliphatic carbocycles. The molecule has 0 saturated heterocycles. The van der Waals surface area contributed by atoms with Crippen molar-refractivity contribution in [2.75, 3.05) is 32.9 Å². The molecule has 0 aromatic heterocycles. The lowest BCUT2D eigenvalue weighted by Crippen LogP contribution is -2.46. The second-order valence-electron chi connectivity index (χ2n) is 14.3. The van der Waals surface area contributed by atoms with Crippen molar-refractivity contribution in [3.05, 3.63) is 0 Å². The van der Waals surface area contributed by atoms with E-state index in [0.29, 0.717) is 38.1 Å². The summed E-state index contributed by atoms with van der Waals surface area (Å²) in [5.41, 5.74) is 0. The molecule has 280 valence electrons. The Hall–Kier alpha value is -1.14. The number of carbonyl (C=O) groups excluding carboxylic acids is 2. The summed E-state index contributed by atoms with van der Waals surface area (Å²) in [7, 11) is 0. The number of aliphatic hydroxyl groups excluding tert-OH is 1. The molecule has 3 unspecified atom stereocenters. The third-order valence-electron chi connectivity index (χ3n) is 9.78. The summed E-state index contributed by atoms with van der Waals surface area (Å²) in [5, 5.41) is 9.80. The van der Waals surface area contributed by atoms with Crippen LogP contribution in [0.3, 0.4) is 0 Å². The standard InChI is InChI=1S/C41H81NO5/c1-6-11-15-19-21-25-29-37(27-23-17-13-8-3)35-46-40(44)34-39(42(31-10-5)32-33-43)41(45)47-36-38(28-24-18-14-9-4)30-26-22-20-16-12-7-2/h37-39,43H,6-36H2,1-5H3. The van der Waals surface area contributed by atoms with Crippen molar-refractivity contribution in [2.45, 2.75) is 208 Å². The number of rotatable bonds is 36.